The van der Waals surface area contributed by atoms with Crippen molar-refractivity contribution in [2.24, 2.45) is 0 Å². The molecule has 0 aliphatic heterocycles. The van der Waals surface area contributed by atoms with Gasteiger partial charge >= 0.3 is 0 Å². The number of nitrogens with zero attached hydrogens (tertiary/aromatic N) is 3. The molecule has 28 heavy (non-hydrogen) atoms. The van der Waals surface area contributed by atoms with Gasteiger partial charge in [0.2, 0.25) is 0 Å². The topological polar surface area (TPSA) is 47.3 Å². The number of aromatic nitrogens is 3. The Balaban J connectivity index is 1.67. The fourth-order valence-electron chi connectivity index (χ4n) is 3.31. The molecule has 140 valence electrons. The molecule has 0 amide bonds. The molecule has 0 aliphatic rings. The molecule has 4 rings (SSSR count). The first-order valence-corrected chi connectivity index (χ1v) is 9.20. The zero-order chi connectivity index (χ0) is 19.7. The summed E-state index contributed by atoms with van der Waals surface area (Å²) in [5, 5.41) is 0. The number of rotatable bonds is 5. The lowest BCUT2D eigenvalue weighted by molar-refractivity contribution is 0.0975. The van der Waals surface area contributed by atoms with Crippen molar-refractivity contribution in [1.29, 1.82) is 0 Å². The Bertz CT molecular complexity index is 1130. The van der Waals surface area contributed by atoms with Gasteiger partial charge in [-0.1, -0.05) is 36.8 Å². The lowest BCUT2D eigenvalue weighted by Gasteiger charge is -2.12. The SMILES string of the molecule is Cc1ccc(-c2cc(C(=O)C[C@H](C)c3ccc(F)cn3)cc3nccn23)cc1. The van der Waals surface area contributed by atoms with Gasteiger partial charge in [-0.05, 0) is 36.8 Å². The minimum Gasteiger partial charge on any atom is -0.300 e. The van der Waals surface area contributed by atoms with E-state index in [9.17, 15) is 9.18 Å². The summed E-state index contributed by atoms with van der Waals surface area (Å²) in [6, 6.07) is 14.9. The molecule has 1 aromatic carbocycles. The number of hydrogen-bond donors (Lipinski definition) is 0. The summed E-state index contributed by atoms with van der Waals surface area (Å²) in [4.78, 5) is 21.4. The maximum Gasteiger partial charge on any atom is 0.163 e. The van der Waals surface area contributed by atoms with Crippen molar-refractivity contribution in [3.63, 3.8) is 0 Å². The van der Waals surface area contributed by atoms with E-state index < -0.39 is 0 Å². The lowest BCUT2D eigenvalue weighted by atomic mass is 9.96. The molecule has 3 heterocycles. The van der Waals surface area contributed by atoms with Gasteiger partial charge in [0.1, 0.15) is 11.5 Å². The van der Waals surface area contributed by atoms with Crippen LogP contribution in [0, 0.1) is 12.7 Å². The molecule has 0 bridgehead atoms. The second kappa shape index (κ2) is 7.35. The van der Waals surface area contributed by atoms with E-state index in [2.05, 4.69) is 22.1 Å². The molecule has 0 fully saturated rings. The van der Waals surface area contributed by atoms with Crippen LogP contribution in [-0.2, 0) is 0 Å². The number of fused-ring (bicyclic) bond motifs is 1. The molecule has 4 aromatic rings. The number of pyridine rings is 2. The maximum atomic E-state index is 13.1. The van der Waals surface area contributed by atoms with E-state index in [-0.39, 0.29) is 17.5 Å². The summed E-state index contributed by atoms with van der Waals surface area (Å²) in [5.41, 5.74) is 5.17. The largest absolute Gasteiger partial charge is 0.300 e. The third-order valence-corrected chi connectivity index (χ3v) is 4.92. The van der Waals surface area contributed by atoms with Gasteiger partial charge in [-0.25, -0.2) is 9.37 Å². The third kappa shape index (κ3) is 3.56. The number of aryl methyl sites for hydroxylation is 1. The van der Waals surface area contributed by atoms with Gasteiger partial charge < -0.3 is 0 Å². The van der Waals surface area contributed by atoms with E-state index in [1.165, 1.54) is 17.8 Å². The highest BCUT2D eigenvalue weighted by molar-refractivity contribution is 5.98. The van der Waals surface area contributed by atoms with Gasteiger partial charge in [-0.3, -0.25) is 14.2 Å². The highest BCUT2D eigenvalue weighted by Gasteiger charge is 2.17. The van der Waals surface area contributed by atoms with Crippen LogP contribution < -0.4 is 0 Å². The number of Topliss-reactive ketones (excluding diaryl/α,β-unsaturated/α-hetero) is 1. The molecule has 0 spiro atoms. The third-order valence-electron chi connectivity index (χ3n) is 4.92. The number of hydrogen-bond acceptors (Lipinski definition) is 3. The summed E-state index contributed by atoms with van der Waals surface area (Å²) in [6.45, 7) is 3.97. The minimum absolute atomic E-state index is 0.0116. The Morgan fingerprint density at radius 1 is 1.11 bits per heavy atom. The van der Waals surface area contributed by atoms with Crippen molar-refractivity contribution in [3.05, 3.63) is 89.8 Å². The van der Waals surface area contributed by atoms with Crippen molar-refractivity contribution >= 4 is 11.4 Å². The monoisotopic (exact) mass is 373 g/mol. The first-order chi connectivity index (χ1) is 13.5. The Morgan fingerprint density at radius 2 is 1.89 bits per heavy atom. The predicted molar refractivity (Wildman–Crippen MR) is 107 cm³/mol. The van der Waals surface area contributed by atoms with E-state index in [1.54, 1.807) is 12.3 Å². The Morgan fingerprint density at radius 3 is 2.61 bits per heavy atom. The van der Waals surface area contributed by atoms with Crippen LogP contribution in [0.4, 0.5) is 4.39 Å². The molecule has 0 aliphatic carbocycles. The van der Waals surface area contributed by atoms with Crippen LogP contribution in [0.3, 0.4) is 0 Å². The van der Waals surface area contributed by atoms with Crippen LogP contribution in [0.15, 0.2) is 67.1 Å². The fraction of sp³-hybridized carbons (Fsp3) is 0.174. The molecule has 3 aromatic heterocycles. The zero-order valence-corrected chi connectivity index (χ0v) is 15.8. The lowest BCUT2D eigenvalue weighted by Crippen LogP contribution is -2.08. The van der Waals surface area contributed by atoms with Gasteiger partial charge in [-0.2, -0.15) is 0 Å². The van der Waals surface area contributed by atoms with Crippen LogP contribution in [-0.4, -0.2) is 20.2 Å². The Kier molecular flexibility index (Phi) is 4.74. The molecule has 0 unspecified atom stereocenters. The number of imidazole rings is 1. The highest BCUT2D eigenvalue weighted by atomic mass is 19.1. The predicted octanol–water partition coefficient (Wildman–Crippen LogP) is 5.22. The van der Waals surface area contributed by atoms with Gasteiger partial charge in [-0.15, -0.1) is 0 Å². The summed E-state index contributed by atoms with van der Waals surface area (Å²) >= 11 is 0. The standard InChI is InChI=1S/C23H20FN3O/c1-15-3-5-17(6-4-15)21-12-18(13-23-25-9-10-27(21)23)22(28)11-16(2)20-8-7-19(24)14-26-20/h3-10,12-14,16H,11H2,1-2H3/t16-/m0/s1. The molecule has 0 saturated heterocycles. The van der Waals surface area contributed by atoms with Gasteiger partial charge in [0.15, 0.2) is 5.78 Å². The van der Waals surface area contributed by atoms with Gasteiger partial charge in [0.05, 0.1) is 11.9 Å². The molecule has 4 nitrogen and oxygen atoms in total. The number of carbonyl (C=O) groups excluding carboxylic acids is 1. The molecular weight excluding hydrogens is 353 g/mol. The van der Waals surface area contributed by atoms with Gasteiger partial charge in [0.25, 0.3) is 0 Å². The minimum atomic E-state index is -0.380. The van der Waals surface area contributed by atoms with E-state index in [4.69, 9.17) is 0 Å². The fourth-order valence-corrected chi connectivity index (χ4v) is 3.31. The van der Waals surface area contributed by atoms with E-state index in [0.29, 0.717) is 17.7 Å². The van der Waals surface area contributed by atoms with Crippen molar-refractivity contribution < 1.29 is 9.18 Å². The van der Waals surface area contributed by atoms with E-state index in [1.807, 2.05) is 48.7 Å². The van der Waals surface area contributed by atoms with E-state index in [0.717, 1.165) is 16.9 Å². The zero-order valence-electron chi connectivity index (χ0n) is 15.8. The van der Waals surface area contributed by atoms with E-state index >= 15 is 0 Å². The second-order valence-electron chi connectivity index (χ2n) is 7.08. The Hall–Kier alpha value is -3.34. The molecule has 1 atom stereocenters. The first kappa shape index (κ1) is 18.0. The van der Waals surface area contributed by atoms with Crippen molar-refractivity contribution in [1.82, 2.24) is 14.4 Å². The van der Waals surface area contributed by atoms with Crippen molar-refractivity contribution in [2.45, 2.75) is 26.2 Å². The number of benzene rings is 1. The number of carbonyl (C=O) groups is 1. The number of halogens is 1. The van der Waals surface area contributed by atoms with Crippen LogP contribution in [0.2, 0.25) is 0 Å². The summed E-state index contributed by atoms with van der Waals surface area (Å²) in [6.07, 6.45) is 5.10. The molecule has 0 radical (unpaired) electrons. The Labute approximate surface area is 162 Å². The first-order valence-electron chi connectivity index (χ1n) is 9.20. The maximum absolute atomic E-state index is 13.1. The van der Waals surface area contributed by atoms with Crippen molar-refractivity contribution in [3.8, 4) is 11.3 Å². The van der Waals surface area contributed by atoms with Crippen LogP contribution in [0.5, 0.6) is 0 Å². The summed E-state index contributed by atoms with van der Waals surface area (Å²) in [5.74, 6) is -0.473. The summed E-state index contributed by atoms with van der Waals surface area (Å²) in [7, 11) is 0. The number of ketones is 1. The van der Waals surface area contributed by atoms with Crippen LogP contribution in [0.1, 0.15) is 40.9 Å². The van der Waals surface area contributed by atoms with Crippen LogP contribution in [0.25, 0.3) is 16.9 Å². The normalized spacial score (nSPS) is 12.2. The average Bonchev–Trinajstić information content (AvgIpc) is 3.17. The summed E-state index contributed by atoms with van der Waals surface area (Å²) < 4.78 is 15.1. The smallest absolute Gasteiger partial charge is 0.163 e. The van der Waals surface area contributed by atoms with Crippen LogP contribution >= 0.6 is 0 Å². The highest BCUT2D eigenvalue weighted by Crippen LogP contribution is 2.26. The molecule has 5 heteroatoms. The molecule has 0 saturated carbocycles. The quantitative estimate of drug-likeness (QED) is 0.451. The van der Waals surface area contributed by atoms with Gasteiger partial charge in [0, 0.05) is 36.0 Å². The molecular formula is C23H20FN3O. The molecule has 0 N–H and O–H groups in total. The second-order valence-corrected chi connectivity index (χ2v) is 7.08. The van der Waals surface area contributed by atoms with Crippen molar-refractivity contribution in [2.75, 3.05) is 0 Å². The average molecular weight is 373 g/mol.